The highest BCUT2D eigenvalue weighted by atomic mass is 16.5. The van der Waals surface area contributed by atoms with Crippen LogP contribution in [0, 0.1) is 23.2 Å². The molecule has 0 atom stereocenters. The summed E-state index contributed by atoms with van der Waals surface area (Å²) in [4.78, 5) is 19.9. The normalized spacial score (nSPS) is 35.5. The fourth-order valence-corrected chi connectivity index (χ4v) is 6.26. The van der Waals surface area contributed by atoms with Gasteiger partial charge in [0, 0.05) is 31.2 Å². The minimum atomic E-state index is -0.0596. The lowest BCUT2D eigenvalue weighted by Crippen LogP contribution is -2.53. The van der Waals surface area contributed by atoms with E-state index in [-0.39, 0.29) is 5.41 Å². The molecule has 0 radical (unpaired) electrons. The van der Waals surface area contributed by atoms with Crippen molar-refractivity contribution in [3.05, 3.63) is 23.9 Å². The number of morpholine rings is 1. The average Bonchev–Trinajstić information content (AvgIpc) is 2.66. The molecule has 4 saturated carbocycles. The van der Waals surface area contributed by atoms with Gasteiger partial charge in [0.1, 0.15) is 5.82 Å². The van der Waals surface area contributed by atoms with E-state index in [4.69, 9.17) is 4.74 Å². The Kier molecular flexibility index (Phi) is 4.15. The molecule has 140 valence electrons. The molecule has 5 aliphatic rings. The first-order chi connectivity index (χ1) is 12.7. The molecule has 1 aromatic heterocycles. The smallest absolute Gasteiger partial charge is 0.226 e. The maximum Gasteiger partial charge on any atom is 0.226 e. The van der Waals surface area contributed by atoms with Crippen LogP contribution in [0.1, 0.15) is 44.1 Å². The number of hydrogen-bond acceptors (Lipinski definition) is 4. The van der Waals surface area contributed by atoms with Gasteiger partial charge < -0.3 is 15.0 Å². The highest BCUT2D eigenvalue weighted by Crippen LogP contribution is 2.60. The first kappa shape index (κ1) is 16.5. The lowest BCUT2D eigenvalue weighted by Gasteiger charge is -2.55. The third-order valence-corrected chi connectivity index (χ3v) is 7.12. The molecule has 1 aromatic rings. The molecule has 1 aliphatic heterocycles. The van der Waals surface area contributed by atoms with Crippen molar-refractivity contribution >= 4 is 11.7 Å². The zero-order valence-electron chi connectivity index (χ0n) is 15.5. The summed E-state index contributed by atoms with van der Waals surface area (Å²) in [5.41, 5.74) is 1.02. The average molecular weight is 355 g/mol. The van der Waals surface area contributed by atoms with Crippen molar-refractivity contribution in [1.29, 1.82) is 0 Å². The van der Waals surface area contributed by atoms with Crippen molar-refractivity contribution in [2.24, 2.45) is 23.2 Å². The second kappa shape index (κ2) is 6.52. The Bertz CT molecular complexity index is 631. The first-order valence-electron chi connectivity index (χ1n) is 10.3. The van der Waals surface area contributed by atoms with Crippen LogP contribution in [-0.4, -0.2) is 37.2 Å². The zero-order chi connectivity index (χ0) is 17.6. The van der Waals surface area contributed by atoms with E-state index in [1.165, 1.54) is 19.3 Å². The molecule has 5 fully saturated rings. The number of carbonyl (C=O) groups excluding carboxylic acids is 1. The van der Waals surface area contributed by atoms with Crippen molar-refractivity contribution in [3.8, 4) is 0 Å². The summed E-state index contributed by atoms with van der Waals surface area (Å²) < 4.78 is 5.39. The summed E-state index contributed by atoms with van der Waals surface area (Å²) in [5.74, 6) is 3.72. The molecule has 1 saturated heterocycles. The number of carbonyl (C=O) groups is 1. The molecule has 0 aromatic carbocycles. The molecular formula is C21H29N3O2. The number of nitrogens with zero attached hydrogens (tertiary/aromatic N) is 2. The maximum atomic E-state index is 13.0. The Morgan fingerprint density at radius 1 is 1.12 bits per heavy atom. The van der Waals surface area contributed by atoms with Gasteiger partial charge in [0.05, 0.1) is 13.2 Å². The third kappa shape index (κ3) is 3.00. The fraction of sp³-hybridized carbons (Fsp3) is 0.714. The summed E-state index contributed by atoms with van der Waals surface area (Å²) >= 11 is 0. The standard InChI is InChI=1S/C21H29N3O2/c25-20(21-10-16-7-17(11-21)9-18(8-16)12-21)23-14-15-1-2-19(22-13-15)24-3-5-26-6-4-24/h1-2,13,16-18H,3-12,14H2,(H,23,25). The van der Waals surface area contributed by atoms with E-state index in [2.05, 4.69) is 27.3 Å². The van der Waals surface area contributed by atoms with Crippen LogP contribution in [0.2, 0.25) is 0 Å². The SMILES string of the molecule is O=C(NCc1ccc(N2CCOCC2)nc1)C12CC3CC(CC(C3)C1)C2. The van der Waals surface area contributed by atoms with Gasteiger partial charge >= 0.3 is 0 Å². The monoisotopic (exact) mass is 355 g/mol. The summed E-state index contributed by atoms with van der Waals surface area (Å²) in [6.07, 6.45) is 9.40. The molecular weight excluding hydrogens is 326 g/mol. The molecule has 4 aliphatic carbocycles. The second-order valence-corrected chi connectivity index (χ2v) is 9.00. The Hall–Kier alpha value is -1.62. The number of anilines is 1. The van der Waals surface area contributed by atoms with E-state index in [0.29, 0.717) is 12.5 Å². The van der Waals surface area contributed by atoms with Crippen LogP contribution in [0.5, 0.6) is 0 Å². The van der Waals surface area contributed by atoms with Gasteiger partial charge in [0.25, 0.3) is 0 Å². The van der Waals surface area contributed by atoms with Crippen molar-refractivity contribution < 1.29 is 9.53 Å². The van der Waals surface area contributed by atoms with Crippen molar-refractivity contribution in [1.82, 2.24) is 10.3 Å². The number of pyridine rings is 1. The molecule has 4 bridgehead atoms. The van der Waals surface area contributed by atoms with Gasteiger partial charge in [-0.15, -0.1) is 0 Å². The van der Waals surface area contributed by atoms with Crippen LogP contribution >= 0.6 is 0 Å². The molecule has 6 rings (SSSR count). The number of nitrogens with one attached hydrogen (secondary N) is 1. The Labute approximate surface area is 155 Å². The largest absolute Gasteiger partial charge is 0.378 e. The summed E-state index contributed by atoms with van der Waals surface area (Å²) in [7, 11) is 0. The van der Waals surface area contributed by atoms with Crippen molar-refractivity contribution in [2.45, 2.75) is 45.1 Å². The summed E-state index contributed by atoms with van der Waals surface area (Å²) in [6, 6.07) is 4.16. The second-order valence-electron chi connectivity index (χ2n) is 9.00. The number of aromatic nitrogens is 1. The fourth-order valence-electron chi connectivity index (χ4n) is 6.26. The van der Waals surface area contributed by atoms with E-state index in [9.17, 15) is 4.79 Å². The van der Waals surface area contributed by atoms with Gasteiger partial charge in [-0.3, -0.25) is 4.79 Å². The van der Waals surface area contributed by atoms with Gasteiger partial charge in [-0.25, -0.2) is 4.98 Å². The van der Waals surface area contributed by atoms with Crippen LogP contribution < -0.4 is 10.2 Å². The predicted molar refractivity (Wildman–Crippen MR) is 99.7 cm³/mol. The third-order valence-electron chi connectivity index (χ3n) is 7.12. The van der Waals surface area contributed by atoms with E-state index in [0.717, 1.165) is 74.7 Å². The van der Waals surface area contributed by atoms with Gasteiger partial charge in [0.15, 0.2) is 0 Å². The Morgan fingerprint density at radius 3 is 2.35 bits per heavy atom. The van der Waals surface area contributed by atoms with Crippen molar-refractivity contribution in [3.63, 3.8) is 0 Å². The minimum absolute atomic E-state index is 0.0596. The summed E-state index contributed by atoms with van der Waals surface area (Å²) in [5, 5.41) is 3.24. The van der Waals surface area contributed by atoms with E-state index < -0.39 is 0 Å². The molecule has 1 amide bonds. The maximum absolute atomic E-state index is 13.0. The molecule has 26 heavy (non-hydrogen) atoms. The van der Waals surface area contributed by atoms with E-state index >= 15 is 0 Å². The summed E-state index contributed by atoms with van der Waals surface area (Å²) in [6.45, 7) is 3.93. The molecule has 0 unspecified atom stereocenters. The van der Waals surface area contributed by atoms with Gasteiger partial charge in [-0.05, 0) is 67.9 Å². The van der Waals surface area contributed by atoms with Crippen LogP contribution in [0.15, 0.2) is 18.3 Å². The first-order valence-corrected chi connectivity index (χ1v) is 10.3. The lowest BCUT2D eigenvalue weighted by molar-refractivity contribution is -0.146. The van der Waals surface area contributed by atoms with Gasteiger partial charge in [-0.1, -0.05) is 6.07 Å². The number of hydrogen-bond donors (Lipinski definition) is 1. The van der Waals surface area contributed by atoms with Crippen LogP contribution in [0.4, 0.5) is 5.82 Å². The molecule has 2 heterocycles. The number of amides is 1. The zero-order valence-corrected chi connectivity index (χ0v) is 15.5. The van der Waals surface area contributed by atoms with E-state index in [1.807, 2.05) is 6.20 Å². The Morgan fingerprint density at radius 2 is 1.77 bits per heavy atom. The van der Waals surface area contributed by atoms with Crippen LogP contribution in [0.25, 0.3) is 0 Å². The lowest BCUT2D eigenvalue weighted by atomic mass is 9.49. The van der Waals surface area contributed by atoms with E-state index in [1.54, 1.807) is 0 Å². The molecule has 0 spiro atoms. The number of rotatable bonds is 4. The van der Waals surface area contributed by atoms with Gasteiger partial charge in [-0.2, -0.15) is 0 Å². The molecule has 5 heteroatoms. The predicted octanol–water partition coefficient (Wildman–Crippen LogP) is 2.75. The minimum Gasteiger partial charge on any atom is -0.378 e. The topological polar surface area (TPSA) is 54.5 Å². The highest BCUT2D eigenvalue weighted by molar-refractivity contribution is 5.83. The van der Waals surface area contributed by atoms with Crippen LogP contribution in [0.3, 0.4) is 0 Å². The molecule has 5 nitrogen and oxygen atoms in total. The highest BCUT2D eigenvalue weighted by Gasteiger charge is 2.54. The van der Waals surface area contributed by atoms with Crippen molar-refractivity contribution in [2.75, 3.05) is 31.2 Å². The quantitative estimate of drug-likeness (QED) is 0.902. The number of ether oxygens (including phenoxy) is 1. The molecule has 1 N–H and O–H groups in total. The van der Waals surface area contributed by atoms with Crippen LogP contribution in [-0.2, 0) is 16.1 Å². The Balaban J connectivity index is 1.20. The van der Waals surface area contributed by atoms with Gasteiger partial charge in [0.2, 0.25) is 5.91 Å².